The monoisotopic (exact) mass is 224 g/mol. The van der Waals surface area contributed by atoms with Crippen LogP contribution in [0.3, 0.4) is 0 Å². The van der Waals surface area contributed by atoms with E-state index in [0.717, 1.165) is 6.42 Å². The van der Waals surface area contributed by atoms with Crippen molar-refractivity contribution in [2.75, 3.05) is 0 Å². The second-order valence-electron chi connectivity index (χ2n) is 4.81. The van der Waals surface area contributed by atoms with Gasteiger partial charge in [-0.2, -0.15) is 0 Å². The van der Waals surface area contributed by atoms with Gasteiger partial charge in [0.25, 0.3) is 0 Å². The maximum Gasteiger partial charge on any atom is 0.303 e. The van der Waals surface area contributed by atoms with Gasteiger partial charge in [-0.05, 0) is 36.5 Å². The van der Waals surface area contributed by atoms with Gasteiger partial charge in [0.05, 0.1) is 0 Å². The molecule has 88 valence electrons. The summed E-state index contributed by atoms with van der Waals surface area (Å²) in [5.41, 5.74) is 0. The van der Waals surface area contributed by atoms with Crippen molar-refractivity contribution in [3.05, 3.63) is 12.2 Å². The van der Waals surface area contributed by atoms with Crippen LogP contribution in [0.2, 0.25) is 0 Å². The molecule has 0 aromatic carbocycles. The summed E-state index contributed by atoms with van der Waals surface area (Å²) in [6.07, 6.45) is 6.19. The quantitative estimate of drug-likeness (QED) is 0.698. The number of carboxylic acid groups (broad SMARTS) is 2. The highest BCUT2D eigenvalue weighted by atomic mass is 16.4. The summed E-state index contributed by atoms with van der Waals surface area (Å²) in [6.45, 7) is 0. The Bertz CT molecular complexity index is 334. The number of carbonyl (C=O) groups is 2. The van der Waals surface area contributed by atoms with Gasteiger partial charge >= 0.3 is 11.9 Å². The molecule has 0 aromatic rings. The summed E-state index contributed by atoms with van der Waals surface area (Å²) in [6, 6.07) is 0. The number of hydrogen-bond acceptors (Lipinski definition) is 2. The van der Waals surface area contributed by atoms with Crippen LogP contribution in [0, 0.1) is 23.7 Å². The summed E-state index contributed by atoms with van der Waals surface area (Å²) in [7, 11) is 0. The molecule has 0 amide bonds. The van der Waals surface area contributed by atoms with Gasteiger partial charge in [-0.25, -0.2) is 0 Å². The van der Waals surface area contributed by atoms with Crippen LogP contribution in [0.15, 0.2) is 12.2 Å². The molecule has 2 bridgehead atoms. The highest BCUT2D eigenvalue weighted by molar-refractivity contribution is 5.68. The predicted molar refractivity (Wildman–Crippen MR) is 56.8 cm³/mol. The molecule has 4 heteroatoms. The molecule has 2 rings (SSSR count). The van der Waals surface area contributed by atoms with Gasteiger partial charge < -0.3 is 10.2 Å². The zero-order valence-corrected chi connectivity index (χ0v) is 9.00. The molecule has 4 nitrogen and oxygen atoms in total. The van der Waals surface area contributed by atoms with Gasteiger partial charge in [0.15, 0.2) is 0 Å². The lowest BCUT2D eigenvalue weighted by atomic mass is 9.78. The second kappa shape index (κ2) is 4.28. The highest BCUT2D eigenvalue weighted by Crippen LogP contribution is 2.51. The first-order chi connectivity index (χ1) is 7.58. The van der Waals surface area contributed by atoms with Gasteiger partial charge in [-0.1, -0.05) is 12.2 Å². The summed E-state index contributed by atoms with van der Waals surface area (Å²) in [4.78, 5) is 21.3. The molecule has 4 atom stereocenters. The summed E-state index contributed by atoms with van der Waals surface area (Å²) in [5, 5.41) is 17.5. The van der Waals surface area contributed by atoms with Crippen LogP contribution in [0.1, 0.15) is 25.7 Å². The van der Waals surface area contributed by atoms with Crippen molar-refractivity contribution in [2.45, 2.75) is 25.7 Å². The van der Waals surface area contributed by atoms with E-state index in [0.29, 0.717) is 18.3 Å². The largest absolute Gasteiger partial charge is 0.481 e. The maximum absolute atomic E-state index is 10.8. The minimum absolute atomic E-state index is 0.145. The minimum Gasteiger partial charge on any atom is -0.481 e. The standard InChI is InChI=1S/C12H16O4/c13-11(14)4-3-9-7-1-2-8(5-7)10(9)6-12(15)16/h1-2,7-10H,3-6H2,(H,13,14)(H,15,16). The van der Waals surface area contributed by atoms with E-state index >= 15 is 0 Å². The zero-order chi connectivity index (χ0) is 11.7. The first-order valence-corrected chi connectivity index (χ1v) is 5.70. The third-order valence-electron chi connectivity index (χ3n) is 3.90. The lowest BCUT2D eigenvalue weighted by molar-refractivity contribution is -0.138. The fraction of sp³-hybridized carbons (Fsp3) is 0.667. The van der Waals surface area contributed by atoms with E-state index in [1.807, 2.05) is 0 Å². The van der Waals surface area contributed by atoms with E-state index in [2.05, 4.69) is 12.2 Å². The Morgan fingerprint density at radius 3 is 2.25 bits per heavy atom. The van der Waals surface area contributed by atoms with Crippen molar-refractivity contribution in [1.29, 1.82) is 0 Å². The normalized spacial score (nSPS) is 35.5. The van der Waals surface area contributed by atoms with Crippen molar-refractivity contribution in [3.8, 4) is 0 Å². The minimum atomic E-state index is -0.791. The Morgan fingerprint density at radius 2 is 1.69 bits per heavy atom. The molecule has 0 heterocycles. The number of fused-ring (bicyclic) bond motifs is 2. The van der Waals surface area contributed by atoms with Gasteiger partial charge in [0.2, 0.25) is 0 Å². The van der Waals surface area contributed by atoms with Crippen LogP contribution in [0.4, 0.5) is 0 Å². The van der Waals surface area contributed by atoms with Crippen LogP contribution >= 0.6 is 0 Å². The molecule has 0 radical (unpaired) electrons. The molecule has 1 fully saturated rings. The zero-order valence-electron chi connectivity index (χ0n) is 9.00. The van der Waals surface area contributed by atoms with Crippen LogP contribution in [0.5, 0.6) is 0 Å². The predicted octanol–water partition coefficient (Wildman–Crippen LogP) is 1.76. The molecule has 1 saturated carbocycles. The smallest absolute Gasteiger partial charge is 0.303 e. The summed E-state index contributed by atoms with van der Waals surface area (Å²) >= 11 is 0. The van der Waals surface area contributed by atoms with E-state index in [-0.39, 0.29) is 24.7 Å². The fourth-order valence-electron chi connectivity index (χ4n) is 3.25. The molecule has 2 N–H and O–H groups in total. The Balaban J connectivity index is 2.00. The lowest BCUT2D eigenvalue weighted by Crippen LogP contribution is -2.23. The number of allylic oxidation sites excluding steroid dienone is 2. The number of aliphatic carboxylic acids is 2. The Kier molecular flexibility index (Phi) is 2.99. The molecule has 16 heavy (non-hydrogen) atoms. The van der Waals surface area contributed by atoms with Gasteiger partial charge in [-0.15, -0.1) is 0 Å². The van der Waals surface area contributed by atoms with Crippen LogP contribution in [0.25, 0.3) is 0 Å². The Morgan fingerprint density at radius 1 is 1.06 bits per heavy atom. The molecule has 0 saturated heterocycles. The van der Waals surface area contributed by atoms with E-state index in [9.17, 15) is 9.59 Å². The molecule has 2 aliphatic rings. The van der Waals surface area contributed by atoms with Crippen molar-refractivity contribution in [1.82, 2.24) is 0 Å². The van der Waals surface area contributed by atoms with E-state index < -0.39 is 11.9 Å². The van der Waals surface area contributed by atoms with Crippen molar-refractivity contribution >= 4 is 11.9 Å². The van der Waals surface area contributed by atoms with Crippen LogP contribution < -0.4 is 0 Å². The molecule has 2 aliphatic carbocycles. The number of rotatable bonds is 5. The summed E-state index contributed by atoms with van der Waals surface area (Å²) in [5.74, 6) is -0.394. The molecular weight excluding hydrogens is 208 g/mol. The first kappa shape index (κ1) is 11.2. The second-order valence-corrected chi connectivity index (χ2v) is 4.81. The van der Waals surface area contributed by atoms with Crippen molar-refractivity contribution in [3.63, 3.8) is 0 Å². The van der Waals surface area contributed by atoms with Gasteiger partial charge in [0.1, 0.15) is 0 Å². The van der Waals surface area contributed by atoms with Gasteiger partial charge in [0, 0.05) is 12.8 Å². The Labute approximate surface area is 94.0 Å². The molecule has 0 spiro atoms. The van der Waals surface area contributed by atoms with E-state index in [1.165, 1.54) is 0 Å². The molecule has 4 unspecified atom stereocenters. The SMILES string of the molecule is O=C(O)CCC1C2C=CC(C2)C1CC(=O)O. The number of carboxylic acids is 2. The molecular formula is C12H16O4. The third kappa shape index (κ3) is 2.10. The lowest BCUT2D eigenvalue weighted by Gasteiger charge is -2.26. The fourth-order valence-corrected chi connectivity index (χ4v) is 3.25. The average molecular weight is 224 g/mol. The maximum atomic E-state index is 10.8. The van der Waals surface area contributed by atoms with Crippen LogP contribution in [-0.4, -0.2) is 22.2 Å². The van der Waals surface area contributed by atoms with Crippen LogP contribution in [-0.2, 0) is 9.59 Å². The van der Waals surface area contributed by atoms with Crippen molar-refractivity contribution < 1.29 is 19.8 Å². The average Bonchev–Trinajstić information content (AvgIpc) is 2.74. The Hall–Kier alpha value is -1.32. The molecule has 0 aliphatic heterocycles. The first-order valence-electron chi connectivity index (χ1n) is 5.70. The third-order valence-corrected chi connectivity index (χ3v) is 3.90. The summed E-state index contributed by atoms with van der Waals surface area (Å²) < 4.78 is 0. The highest BCUT2D eigenvalue weighted by Gasteiger charge is 2.44. The van der Waals surface area contributed by atoms with E-state index in [1.54, 1.807) is 0 Å². The van der Waals surface area contributed by atoms with E-state index in [4.69, 9.17) is 10.2 Å². The van der Waals surface area contributed by atoms with Crippen molar-refractivity contribution in [2.24, 2.45) is 23.7 Å². The topological polar surface area (TPSA) is 74.6 Å². The number of hydrogen-bond donors (Lipinski definition) is 2. The molecule has 0 aromatic heterocycles. The van der Waals surface area contributed by atoms with Gasteiger partial charge in [-0.3, -0.25) is 9.59 Å².